The number of hydrogen-bond acceptors (Lipinski definition) is 3. The number of amides is 1. The van der Waals surface area contributed by atoms with Gasteiger partial charge in [0.05, 0.1) is 6.20 Å². The number of H-pyrrole nitrogens is 1. The molecule has 0 aromatic carbocycles. The molecule has 0 spiro atoms. The van der Waals surface area contributed by atoms with Gasteiger partial charge >= 0.3 is 0 Å². The Morgan fingerprint density at radius 1 is 1.55 bits per heavy atom. The molecule has 3 rings (SSSR count). The van der Waals surface area contributed by atoms with Crippen molar-refractivity contribution in [1.82, 2.24) is 15.1 Å². The molecule has 5 heteroatoms. The SMILES string of the molecule is CC1CCN(C(=O)C2CCc3cn[nH]c3C2)C(CN)C1. The predicted molar refractivity (Wildman–Crippen MR) is 77.1 cm³/mol. The van der Waals surface area contributed by atoms with E-state index in [9.17, 15) is 4.79 Å². The molecule has 20 heavy (non-hydrogen) atoms. The zero-order valence-corrected chi connectivity index (χ0v) is 12.1. The van der Waals surface area contributed by atoms with Gasteiger partial charge in [-0.05, 0) is 37.2 Å². The molecule has 2 heterocycles. The number of fused-ring (bicyclic) bond motifs is 1. The highest BCUT2D eigenvalue weighted by atomic mass is 16.2. The van der Waals surface area contributed by atoms with E-state index in [1.54, 1.807) is 0 Å². The van der Waals surface area contributed by atoms with Crippen molar-refractivity contribution in [1.29, 1.82) is 0 Å². The van der Waals surface area contributed by atoms with Crippen LogP contribution in [-0.2, 0) is 17.6 Å². The molecule has 3 atom stereocenters. The fraction of sp³-hybridized carbons (Fsp3) is 0.733. The number of nitrogens with zero attached hydrogens (tertiary/aromatic N) is 2. The van der Waals surface area contributed by atoms with Gasteiger partial charge in [-0.15, -0.1) is 0 Å². The van der Waals surface area contributed by atoms with Crippen LogP contribution < -0.4 is 5.73 Å². The average Bonchev–Trinajstić information content (AvgIpc) is 2.93. The standard InChI is InChI=1S/C15H24N4O/c1-10-4-5-19(13(6-10)8-16)15(20)11-2-3-12-9-17-18-14(12)7-11/h9-11,13H,2-8,16H2,1H3,(H,17,18). The van der Waals surface area contributed by atoms with E-state index in [0.29, 0.717) is 18.4 Å². The number of carbonyl (C=O) groups is 1. The van der Waals surface area contributed by atoms with E-state index >= 15 is 0 Å². The largest absolute Gasteiger partial charge is 0.338 e. The second kappa shape index (κ2) is 5.56. The van der Waals surface area contributed by atoms with Crippen molar-refractivity contribution in [3.8, 4) is 0 Å². The minimum absolute atomic E-state index is 0.102. The lowest BCUT2D eigenvalue weighted by molar-refractivity contribution is -0.140. The molecule has 1 fully saturated rings. The van der Waals surface area contributed by atoms with Crippen molar-refractivity contribution in [3.63, 3.8) is 0 Å². The summed E-state index contributed by atoms with van der Waals surface area (Å²) in [6.07, 6.45) is 6.74. The summed E-state index contributed by atoms with van der Waals surface area (Å²) in [5.74, 6) is 1.08. The number of aromatic amines is 1. The Morgan fingerprint density at radius 3 is 3.20 bits per heavy atom. The smallest absolute Gasteiger partial charge is 0.226 e. The van der Waals surface area contributed by atoms with Gasteiger partial charge in [-0.3, -0.25) is 9.89 Å². The van der Waals surface area contributed by atoms with Crippen LogP contribution in [0, 0.1) is 11.8 Å². The van der Waals surface area contributed by atoms with Crippen LogP contribution in [-0.4, -0.2) is 40.1 Å². The van der Waals surface area contributed by atoms with E-state index in [-0.39, 0.29) is 12.0 Å². The number of hydrogen-bond donors (Lipinski definition) is 2. The molecule has 3 N–H and O–H groups in total. The van der Waals surface area contributed by atoms with Gasteiger partial charge in [0, 0.05) is 37.2 Å². The van der Waals surface area contributed by atoms with Crippen LogP contribution in [0.1, 0.15) is 37.4 Å². The Hall–Kier alpha value is -1.36. The highest BCUT2D eigenvalue weighted by molar-refractivity contribution is 5.80. The third-order valence-electron chi connectivity index (χ3n) is 4.90. The van der Waals surface area contributed by atoms with Crippen molar-refractivity contribution in [2.45, 2.75) is 45.1 Å². The van der Waals surface area contributed by atoms with Crippen LogP contribution in [0.15, 0.2) is 6.20 Å². The number of aromatic nitrogens is 2. The predicted octanol–water partition coefficient (Wildman–Crippen LogP) is 1.10. The molecule has 1 aromatic heterocycles. The summed E-state index contributed by atoms with van der Waals surface area (Å²) in [7, 11) is 0. The van der Waals surface area contributed by atoms with Gasteiger partial charge in [-0.1, -0.05) is 6.92 Å². The third-order valence-corrected chi connectivity index (χ3v) is 4.90. The molecule has 3 unspecified atom stereocenters. The number of carbonyl (C=O) groups excluding carboxylic acids is 1. The quantitative estimate of drug-likeness (QED) is 0.849. The first-order valence-corrected chi connectivity index (χ1v) is 7.70. The van der Waals surface area contributed by atoms with E-state index in [0.717, 1.165) is 44.3 Å². The van der Waals surface area contributed by atoms with E-state index in [1.165, 1.54) is 5.56 Å². The summed E-state index contributed by atoms with van der Waals surface area (Å²) >= 11 is 0. The summed E-state index contributed by atoms with van der Waals surface area (Å²) in [5, 5.41) is 7.11. The van der Waals surface area contributed by atoms with Crippen LogP contribution in [0.4, 0.5) is 0 Å². The summed E-state index contributed by atoms with van der Waals surface area (Å²) in [6.45, 7) is 3.70. The van der Waals surface area contributed by atoms with Crippen molar-refractivity contribution < 1.29 is 4.79 Å². The number of nitrogens with one attached hydrogen (secondary N) is 1. The first kappa shape index (κ1) is 13.6. The van der Waals surface area contributed by atoms with Crippen molar-refractivity contribution in [3.05, 3.63) is 17.5 Å². The third kappa shape index (κ3) is 2.46. The van der Waals surface area contributed by atoms with Gasteiger partial charge < -0.3 is 10.6 Å². The highest BCUT2D eigenvalue weighted by Gasteiger charge is 2.34. The topological polar surface area (TPSA) is 75.0 Å². The minimum atomic E-state index is 0.102. The Bertz CT molecular complexity index is 484. The number of rotatable bonds is 2. The van der Waals surface area contributed by atoms with Crippen LogP contribution in [0.2, 0.25) is 0 Å². The molecule has 1 aliphatic carbocycles. The van der Waals surface area contributed by atoms with E-state index in [2.05, 4.69) is 17.1 Å². The zero-order chi connectivity index (χ0) is 14.1. The van der Waals surface area contributed by atoms with Crippen LogP contribution in [0.3, 0.4) is 0 Å². The molecule has 0 bridgehead atoms. The lowest BCUT2D eigenvalue weighted by Crippen LogP contribution is -2.51. The Labute approximate surface area is 119 Å². The molecular formula is C15H24N4O. The molecule has 1 aromatic rings. The lowest BCUT2D eigenvalue weighted by Gasteiger charge is -2.40. The van der Waals surface area contributed by atoms with E-state index < -0.39 is 0 Å². The summed E-state index contributed by atoms with van der Waals surface area (Å²) in [4.78, 5) is 14.8. The fourth-order valence-corrected chi connectivity index (χ4v) is 3.62. The molecule has 110 valence electrons. The second-order valence-electron chi connectivity index (χ2n) is 6.36. The Morgan fingerprint density at radius 2 is 2.40 bits per heavy atom. The van der Waals surface area contributed by atoms with Crippen LogP contribution in [0.5, 0.6) is 0 Å². The maximum atomic E-state index is 12.8. The summed E-state index contributed by atoms with van der Waals surface area (Å²) < 4.78 is 0. The maximum absolute atomic E-state index is 12.8. The Balaban J connectivity index is 1.70. The van der Waals surface area contributed by atoms with Crippen molar-refractivity contribution >= 4 is 5.91 Å². The second-order valence-corrected chi connectivity index (χ2v) is 6.36. The molecule has 5 nitrogen and oxygen atoms in total. The van der Waals surface area contributed by atoms with Gasteiger partial charge in [-0.25, -0.2) is 0 Å². The number of piperidine rings is 1. The zero-order valence-electron chi connectivity index (χ0n) is 12.1. The molecule has 1 amide bonds. The lowest BCUT2D eigenvalue weighted by atomic mass is 9.85. The molecule has 1 saturated heterocycles. The molecule has 2 aliphatic rings. The number of aryl methyl sites for hydroxylation is 1. The van der Waals surface area contributed by atoms with Gasteiger partial charge in [0.1, 0.15) is 0 Å². The highest BCUT2D eigenvalue weighted by Crippen LogP contribution is 2.29. The van der Waals surface area contributed by atoms with Crippen molar-refractivity contribution in [2.24, 2.45) is 17.6 Å². The average molecular weight is 276 g/mol. The molecular weight excluding hydrogens is 252 g/mol. The molecule has 1 aliphatic heterocycles. The fourth-order valence-electron chi connectivity index (χ4n) is 3.62. The normalized spacial score (nSPS) is 30.1. The van der Waals surface area contributed by atoms with Gasteiger partial charge in [0.25, 0.3) is 0 Å². The first-order valence-electron chi connectivity index (χ1n) is 7.70. The molecule has 0 saturated carbocycles. The maximum Gasteiger partial charge on any atom is 0.226 e. The first-order chi connectivity index (χ1) is 9.69. The number of likely N-dealkylation sites (tertiary alicyclic amines) is 1. The molecule has 0 radical (unpaired) electrons. The summed E-state index contributed by atoms with van der Waals surface area (Å²) in [6, 6.07) is 0.231. The van der Waals surface area contributed by atoms with Gasteiger partial charge in [0.2, 0.25) is 5.91 Å². The Kier molecular flexibility index (Phi) is 3.78. The number of nitrogens with two attached hydrogens (primary N) is 1. The van der Waals surface area contributed by atoms with Gasteiger partial charge in [-0.2, -0.15) is 5.10 Å². The van der Waals surface area contributed by atoms with Crippen molar-refractivity contribution in [2.75, 3.05) is 13.1 Å². The van der Waals surface area contributed by atoms with Gasteiger partial charge in [0.15, 0.2) is 0 Å². The van der Waals surface area contributed by atoms with E-state index in [1.807, 2.05) is 11.1 Å². The van der Waals surface area contributed by atoms with E-state index in [4.69, 9.17) is 5.73 Å². The minimum Gasteiger partial charge on any atom is -0.338 e. The monoisotopic (exact) mass is 276 g/mol. The summed E-state index contributed by atoms with van der Waals surface area (Å²) in [5.41, 5.74) is 8.29. The van der Waals surface area contributed by atoms with Crippen LogP contribution >= 0.6 is 0 Å². The van der Waals surface area contributed by atoms with Crippen LogP contribution in [0.25, 0.3) is 0 Å².